The Balaban J connectivity index is 2.14. The molecule has 1 aliphatic rings. The van der Waals surface area contributed by atoms with Gasteiger partial charge in [0.2, 0.25) is 0 Å². The Labute approximate surface area is 117 Å². The molecule has 1 amide bonds. The molecule has 4 nitrogen and oxygen atoms in total. The van der Waals surface area contributed by atoms with E-state index in [1.165, 1.54) is 10.8 Å². The van der Waals surface area contributed by atoms with Gasteiger partial charge in [0.1, 0.15) is 5.69 Å². The second-order valence-electron chi connectivity index (χ2n) is 5.14. The lowest BCUT2D eigenvalue weighted by atomic mass is 10.0. The van der Waals surface area contributed by atoms with E-state index in [0.29, 0.717) is 12.2 Å². The molecule has 0 radical (unpaired) electrons. The van der Waals surface area contributed by atoms with Crippen molar-refractivity contribution in [1.82, 2.24) is 14.8 Å². The summed E-state index contributed by atoms with van der Waals surface area (Å²) >= 11 is 0. The highest BCUT2D eigenvalue weighted by Gasteiger charge is 2.28. The molecule has 1 N–H and O–H groups in total. The minimum atomic E-state index is -2.46. The molecule has 1 unspecified atom stereocenters. The van der Waals surface area contributed by atoms with Crippen molar-refractivity contribution >= 4 is 5.91 Å². The standard InChI is InChI=1S/C14H21F2N3O/c1-17-9-11-5-2-3-8-19(11)14(20)12-6-4-7-18(12)10-13(15)16/h4,6-7,11,13,17H,2-3,5,8-10H2,1H3. The van der Waals surface area contributed by atoms with E-state index < -0.39 is 13.0 Å². The van der Waals surface area contributed by atoms with Crippen molar-refractivity contribution < 1.29 is 13.6 Å². The molecule has 1 aliphatic heterocycles. The monoisotopic (exact) mass is 285 g/mol. The van der Waals surface area contributed by atoms with Gasteiger partial charge in [0.15, 0.2) is 0 Å². The fraction of sp³-hybridized carbons (Fsp3) is 0.643. The van der Waals surface area contributed by atoms with Crippen LogP contribution in [0.1, 0.15) is 29.8 Å². The fourth-order valence-electron chi connectivity index (χ4n) is 2.78. The number of amides is 1. The summed E-state index contributed by atoms with van der Waals surface area (Å²) < 4.78 is 26.4. The number of halogens is 2. The number of hydrogen-bond donors (Lipinski definition) is 1. The highest BCUT2D eigenvalue weighted by atomic mass is 19.3. The van der Waals surface area contributed by atoms with Crippen LogP contribution in [0.2, 0.25) is 0 Å². The SMILES string of the molecule is CNCC1CCCCN1C(=O)c1cccn1CC(F)F. The molecule has 6 heteroatoms. The van der Waals surface area contributed by atoms with Crippen molar-refractivity contribution in [2.45, 2.75) is 38.3 Å². The summed E-state index contributed by atoms with van der Waals surface area (Å²) in [4.78, 5) is 14.4. The minimum absolute atomic E-state index is 0.143. The van der Waals surface area contributed by atoms with Gasteiger partial charge in [-0.1, -0.05) is 0 Å². The topological polar surface area (TPSA) is 37.3 Å². The molecule has 0 aromatic carbocycles. The van der Waals surface area contributed by atoms with E-state index in [4.69, 9.17) is 0 Å². The number of likely N-dealkylation sites (tertiary alicyclic amines) is 1. The molecule has 0 saturated carbocycles. The van der Waals surface area contributed by atoms with Gasteiger partial charge < -0.3 is 14.8 Å². The summed E-state index contributed by atoms with van der Waals surface area (Å²) in [5.41, 5.74) is 0.355. The molecule has 1 atom stereocenters. The van der Waals surface area contributed by atoms with E-state index in [-0.39, 0.29) is 11.9 Å². The Morgan fingerprint density at radius 1 is 1.50 bits per heavy atom. The van der Waals surface area contributed by atoms with E-state index >= 15 is 0 Å². The molecule has 0 bridgehead atoms. The van der Waals surface area contributed by atoms with E-state index in [2.05, 4.69) is 5.32 Å². The highest BCUT2D eigenvalue weighted by Crippen LogP contribution is 2.20. The first-order chi connectivity index (χ1) is 9.63. The van der Waals surface area contributed by atoms with E-state index in [1.54, 1.807) is 12.1 Å². The first kappa shape index (κ1) is 15.0. The number of carbonyl (C=O) groups is 1. The number of hydrogen-bond acceptors (Lipinski definition) is 2. The van der Waals surface area contributed by atoms with Gasteiger partial charge in [0.05, 0.1) is 6.54 Å². The fourth-order valence-corrected chi connectivity index (χ4v) is 2.78. The average Bonchev–Trinajstić information content (AvgIpc) is 2.86. The maximum atomic E-state index is 12.6. The molecule has 20 heavy (non-hydrogen) atoms. The van der Waals surface area contributed by atoms with Gasteiger partial charge in [-0.2, -0.15) is 0 Å². The third-order valence-corrected chi connectivity index (χ3v) is 3.71. The smallest absolute Gasteiger partial charge is 0.270 e. The molecule has 0 aliphatic carbocycles. The van der Waals surface area contributed by atoms with Crippen LogP contribution in [0.25, 0.3) is 0 Å². The van der Waals surface area contributed by atoms with Crippen LogP contribution < -0.4 is 5.32 Å². The lowest BCUT2D eigenvalue weighted by Gasteiger charge is -2.36. The van der Waals surface area contributed by atoms with Gasteiger partial charge in [-0.3, -0.25) is 4.79 Å². The molecule has 1 saturated heterocycles. The number of aromatic nitrogens is 1. The molecule has 2 rings (SSSR count). The van der Waals surface area contributed by atoms with E-state index in [0.717, 1.165) is 25.8 Å². The number of nitrogens with one attached hydrogen (secondary N) is 1. The summed E-state index contributed by atoms with van der Waals surface area (Å²) in [5, 5.41) is 3.09. The zero-order valence-corrected chi connectivity index (χ0v) is 11.7. The molecular formula is C14H21F2N3O. The van der Waals surface area contributed by atoms with Crippen molar-refractivity contribution in [3.63, 3.8) is 0 Å². The summed E-state index contributed by atoms with van der Waals surface area (Å²) in [6.45, 7) is 1.00. The maximum absolute atomic E-state index is 12.6. The van der Waals surface area contributed by atoms with E-state index in [9.17, 15) is 13.6 Å². The largest absolute Gasteiger partial charge is 0.338 e. The van der Waals surface area contributed by atoms with Crippen molar-refractivity contribution in [3.8, 4) is 0 Å². The second kappa shape index (κ2) is 6.83. The summed E-state index contributed by atoms with van der Waals surface area (Å²) in [5.74, 6) is -0.143. The van der Waals surface area contributed by atoms with Gasteiger partial charge in [-0.15, -0.1) is 0 Å². The minimum Gasteiger partial charge on any atom is -0.338 e. The average molecular weight is 285 g/mol. The molecule has 2 heterocycles. The normalized spacial score (nSPS) is 19.6. The third-order valence-electron chi connectivity index (χ3n) is 3.71. The van der Waals surface area contributed by atoms with E-state index in [1.807, 2.05) is 11.9 Å². The number of rotatable bonds is 5. The van der Waals surface area contributed by atoms with Gasteiger partial charge in [0, 0.05) is 25.3 Å². The van der Waals surface area contributed by atoms with Gasteiger partial charge in [-0.25, -0.2) is 8.78 Å². The lowest BCUT2D eigenvalue weighted by molar-refractivity contribution is 0.0596. The van der Waals surface area contributed by atoms with Crippen LogP contribution in [0.15, 0.2) is 18.3 Å². The molecule has 1 aromatic heterocycles. The van der Waals surface area contributed by atoms with Crippen LogP contribution in [-0.2, 0) is 6.54 Å². The quantitative estimate of drug-likeness (QED) is 0.898. The van der Waals surface area contributed by atoms with Crippen LogP contribution >= 0.6 is 0 Å². The summed E-state index contributed by atoms with van der Waals surface area (Å²) in [7, 11) is 1.86. The molecule has 0 spiro atoms. The van der Waals surface area contributed by atoms with Crippen LogP contribution in [0.3, 0.4) is 0 Å². The van der Waals surface area contributed by atoms with Crippen LogP contribution in [0.4, 0.5) is 8.78 Å². The Morgan fingerprint density at radius 2 is 2.30 bits per heavy atom. The van der Waals surface area contributed by atoms with Crippen molar-refractivity contribution in [3.05, 3.63) is 24.0 Å². The number of likely N-dealkylation sites (N-methyl/N-ethyl adjacent to an activating group) is 1. The van der Waals surface area contributed by atoms with Crippen LogP contribution in [0, 0.1) is 0 Å². The summed E-state index contributed by atoms with van der Waals surface area (Å²) in [6.07, 6.45) is 2.12. The first-order valence-electron chi connectivity index (χ1n) is 7.02. The van der Waals surface area contributed by atoms with Crippen LogP contribution in [0.5, 0.6) is 0 Å². The third kappa shape index (κ3) is 3.36. The van der Waals surface area contributed by atoms with Crippen molar-refractivity contribution in [1.29, 1.82) is 0 Å². The molecular weight excluding hydrogens is 264 g/mol. The van der Waals surface area contributed by atoms with Gasteiger partial charge >= 0.3 is 0 Å². The molecule has 112 valence electrons. The Bertz CT molecular complexity index is 445. The molecule has 1 aromatic rings. The summed E-state index contributed by atoms with van der Waals surface area (Å²) in [6, 6.07) is 3.42. The predicted octanol–water partition coefficient (Wildman–Crippen LogP) is 1.97. The number of nitrogens with zero attached hydrogens (tertiary/aromatic N) is 2. The first-order valence-corrected chi connectivity index (χ1v) is 7.02. The second-order valence-corrected chi connectivity index (χ2v) is 5.14. The Hall–Kier alpha value is -1.43. The number of alkyl halides is 2. The Kier molecular flexibility index (Phi) is 5.11. The number of piperidine rings is 1. The van der Waals surface area contributed by atoms with Crippen molar-refractivity contribution in [2.75, 3.05) is 20.1 Å². The zero-order chi connectivity index (χ0) is 14.5. The molecule has 1 fully saturated rings. The van der Waals surface area contributed by atoms with Crippen LogP contribution in [-0.4, -0.2) is 48.0 Å². The lowest BCUT2D eigenvalue weighted by Crippen LogP contribution is -2.48. The van der Waals surface area contributed by atoms with Gasteiger partial charge in [-0.05, 0) is 38.4 Å². The maximum Gasteiger partial charge on any atom is 0.270 e. The number of carbonyl (C=O) groups excluding carboxylic acids is 1. The van der Waals surface area contributed by atoms with Gasteiger partial charge in [0.25, 0.3) is 12.3 Å². The zero-order valence-electron chi connectivity index (χ0n) is 11.7. The predicted molar refractivity (Wildman–Crippen MR) is 73.0 cm³/mol. The van der Waals surface area contributed by atoms with Crippen molar-refractivity contribution in [2.24, 2.45) is 0 Å². The highest BCUT2D eigenvalue weighted by molar-refractivity contribution is 5.93. The Morgan fingerprint density at radius 3 is 3.00 bits per heavy atom.